The molecule has 134 valence electrons. The highest BCUT2D eigenvalue weighted by molar-refractivity contribution is 5.80. The van der Waals surface area contributed by atoms with E-state index in [0.29, 0.717) is 18.7 Å². The van der Waals surface area contributed by atoms with Gasteiger partial charge in [-0.15, -0.1) is 0 Å². The first-order chi connectivity index (χ1) is 11.3. The van der Waals surface area contributed by atoms with Gasteiger partial charge in [0.2, 0.25) is 12.3 Å². The van der Waals surface area contributed by atoms with Gasteiger partial charge in [0.1, 0.15) is 0 Å². The van der Waals surface area contributed by atoms with Crippen LogP contribution in [0.25, 0.3) is 0 Å². The van der Waals surface area contributed by atoms with Crippen LogP contribution in [0.2, 0.25) is 0 Å². The lowest BCUT2D eigenvalue weighted by atomic mass is 9.93. The van der Waals surface area contributed by atoms with Crippen LogP contribution in [0.15, 0.2) is 29.3 Å². The van der Waals surface area contributed by atoms with Crippen LogP contribution >= 0.6 is 0 Å². The lowest BCUT2D eigenvalue weighted by Crippen LogP contribution is -2.27. The van der Waals surface area contributed by atoms with E-state index in [9.17, 15) is 18.0 Å². The van der Waals surface area contributed by atoms with Gasteiger partial charge in [-0.3, -0.25) is 9.79 Å². The molecule has 0 aliphatic rings. The minimum Gasteiger partial charge on any atom is -0.483 e. The zero-order valence-electron chi connectivity index (χ0n) is 14.1. The molecular weight excluding hydrogens is 321 g/mol. The fraction of sp³-hybridized carbons (Fsp3) is 0.529. The molecule has 2 atom stereocenters. The van der Waals surface area contributed by atoms with Crippen molar-refractivity contribution < 1.29 is 22.7 Å². The van der Waals surface area contributed by atoms with Crippen LogP contribution in [-0.4, -0.2) is 32.0 Å². The minimum atomic E-state index is -4.34. The maximum absolute atomic E-state index is 12.6. The van der Waals surface area contributed by atoms with Gasteiger partial charge in [0.15, 0.2) is 0 Å². The molecule has 0 aliphatic heterocycles. The Labute approximate surface area is 140 Å². The summed E-state index contributed by atoms with van der Waals surface area (Å²) in [5, 5.41) is 2.49. The van der Waals surface area contributed by atoms with Crippen molar-refractivity contribution in [3.63, 3.8) is 0 Å². The fourth-order valence-corrected chi connectivity index (χ4v) is 2.20. The van der Waals surface area contributed by atoms with Gasteiger partial charge < -0.3 is 10.1 Å². The summed E-state index contributed by atoms with van der Waals surface area (Å²) in [4.78, 5) is 14.9. The summed E-state index contributed by atoms with van der Waals surface area (Å²) in [7, 11) is 1.47. The second kappa shape index (κ2) is 9.30. The average molecular weight is 344 g/mol. The van der Waals surface area contributed by atoms with E-state index in [1.807, 2.05) is 13.8 Å². The molecule has 0 spiro atoms. The Morgan fingerprint density at radius 3 is 2.42 bits per heavy atom. The number of benzene rings is 1. The Morgan fingerprint density at radius 2 is 1.96 bits per heavy atom. The standard InChI is InChI=1S/C17H23F3N2O2/c1-4-12(2)15(22-16(24-3)10-21-11-23)9-13-5-7-14(8-6-13)17(18,19)20/h5-8,11-12,15H,4,9-10H2,1-3H3,(H,21,23). The summed E-state index contributed by atoms with van der Waals surface area (Å²) in [6.07, 6.45) is -2.41. The van der Waals surface area contributed by atoms with E-state index in [1.54, 1.807) is 0 Å². The molecule has 7 heteroatoms. The third-order valence-electron chi connectivity index (χ3n) is 3.91. The number of aliphatic imine (C=N–C) groups is 1. The number of alkyl halides is 3. The summed E-state index contributed by atoms with van der Waals surface area (Å²) in [6.45, 7) is 4.23. The van der Waals surface area contributed by atoms with Crippen LogP contribution < -0.4 is 5.32 Å². The SMILES string of the molecule is CCC(C)C(Cc1ccc(C(F)(F)F)cc1)N=C(CNC=O)OC. The summed E-state index contributed by atoms with van der Waals surface area (Å²) >= 11 is 0. The summed E-state index contributed by atoms with van der Waals surface area (Å²) in [5.74, 6) is 0.605. The second-order valence-corrected chi connectivity index (χ2v) is 5.58. The van der Waals surface area contributed by atoms with Gasteiger partial charge in [-0.1, -0.05) is 32.4 Å². The number of nitrogens with one attached hydrogen (secondary N) is 1. The van der Waals surface area contributed by atoms with Crippen molar-refractivity contribution in [2.24, 2.45) is 10.9 Å². The molecule has 0 aliphatic carbocycles. The van der Waals surface area contributed by atoms with Crippen LogP contribution in [0.4, 0.5) is 13.2 Å². The molecule has 24 heavy (non-hydrogen) atoms. The van der Waals surface area contributed by atoms with E-state index in [0.717, 1.165) is 24.1 Å². The maximum atomic E-state index is 12.6. The minimum absolute atomic E-state index is 0.143. The van der Waals surface area contributed by atoms with Crippen LogP contribution in [0.5, 0.6) is 0 Å². The molecule has 4 nitrogen and oxygen atoms in total. The first kappa shape index (κ1) is 20.0. The van der Waals surface area contributed by atoms with Crippen LogP contribution in [-0.2, 0) is 22.1 Å². The molecule has 1 aromatic rings. The summed E-state index contributed by atoms with van der Waals surface area (Å²) < 4.78 is 43.0. The molecular formula is C17H23F3N2O2. The zero-order chi connectivity index (χ0) is 18.2. The zero-order valence-corrected chi connectivity index (χ0v) is 14.1. The summed E-state index contributed by atoms with van der Waals surface area (Å²) in [5.41, 5.74) is 0.110. The largest absolute Gasteiger partial charge is 0.483 e. The van der Waals surface area contributed by atoms with Crippen molar-refractivity contribution in [3.05, 3.63) is 35.4 Å². The smallest absolute Gasteiger partial charge is 0.416 e. The van der Waals surface area contributed by atoms with Gasteiger partial charge in [-0.05, 0) is 30.0 Å². The Bertz CT molecular complexity index is 542. The Balaban J connectivity index is 2.93. The number of methoxy groups -OCH3 is 1. The molecule has 0 bridgehead atoms. The van der Waals surface area contributed by atoms with Crippen molar-refractivity contribution in [3.8, 4) is 0 Å². The first-order valence-electron chi connectivity index (χ1n) is 7.75. The molecule has 0 saturated carbocycles. The number of ether oxygens (including phenoxy) is 1. The molecule has 2 unspecified atom stereocenters. The highest BCUT2D eigenvalue weighted by Gasteiger charge is 2.30. The van der Waals surface area contributed by atoms with E-state index in [1.165, 1.54) is 19.2 Å². The summed E-state index contributed by atoms with van der Waals surface area (Å²) in [6, 6.07) is 4.97. The van der Waals surface area contributed by atoms with Crippen LogP contribution in [0.3, 0.4) is 0 Å². The number of nitrogens with zero attached hydrogens (tertiary/aromatic N) is 1. The van der Waals surface area contributed by atoms with Gasteiger partial charge in [-0.2, -0.15) is 13.2 Å². The normalized spacial score (nSPS) is 14.8. The highest BCUT2D eigenvalue weighted by Crippen LogP contribution is 2.29. The molecule has 0 heterocycles. The number of halogens is 3. The highest BCUT2D eigenvalue weighted by atomic mass is 19.4. The Hall–Kier alpha value is -2.05. The van der Waals surface area contributed by atoms with Gasteiger partial charge in [0, 0.05) is 0 Å². The van der Waals surface area contributed by atoms with E-state index >= 15 is 0 Å². The maximum Gasteiger partial charge on any atom is 0.416 e. The van der Waals surface area contributed by atoms with Crippen molar-refractivity contribution in [1.82, 2.24) is 5.32 Å². The Morgan fingerprint density at radius 1 is 1.33 bits per heavy atom. The third-order valence-corrected chi connectivity index (χ3v) is 3.91. The van der Waals surface area contributed by atoms with Crippen molar-refractivity contribution >= 4 is 12.3 Å². The molecule has 0 radical (unpaired) electrons. The molecule has 0 aromatic heterocycles. The van der Waals surface area contributed by atoms with E-state index in [4.69, 9.17) is 4.74 Å². The van der Waals surface area contributed by atoms with E-state index in [-0.39, 0.29) is 18.5 Å². The van der Waals surface area contributed by atoms with Crippen LogP contribution in [0.1, 0.15) is 31.4 Å². The number of carbonyl (C=O) groups is 1. The fourth-order valence-electron chi connectivity index (χ4n) is 2.20. The molecule has 1 aromatic carbocycles. The quantitative estimate of drug-likeness (QED) is 0.446. The van der Waals surface area contributed by atoms with Crippen molar-refractivity contribution in [2.45, 2.75) is 38.9 Å². The van der Waals surface area contributed by atoms with Gasteiger partial charge in [-0.25, -0.2) is 0 Å². The van der Waals surface area contributed by atoms with E-state index < -0.39 is 11.7 Å². The molecule has 0 saturated heterocycles. The predicted octanol–water partition coefficient (Wildman–Crippen LogP) is 3.45. The number of rotatable bonds is 8. The molecule has 0 fully saturated rings. The van der Waals surface area contributed by atoms with Gasteiger partial charge in [0.05, 0.1) is 25.3 Å². The monoisotopic (exact) mass is 344 g/mol. The second-order valence-electron chi connectivity index (χ2n) is 5.58. The number of hydrogen-bond acceptors (Lipinski definition) is 3. The van der Waals surface area contributed by atoms with Crippen molar-refractivity contribution in [1.29, 1.82) is 0 Å². The number of hydrogen-bond donors (Lipinski definition) is 1. The van der Waals surface area contributed by atoms with Crippen LogP contribution in [0, 0.1) is 5.92 Å². The lowest BCUT2D eigenvalue weighted by molar-refractivity contribution is -0.137. The first-order valence-corrected chi connectivity index (χ1v) is 7.75. The number of amides is 1. The van der Waals surface area contributed by atoms with E-state index in [2.05, 4.69) is 10.3 Å². The average Bonchev–Trinajstić information content (AvgIpc) is 2.56. The Kier molecular flexibility index (Phi) is 7.74. The van der Waals surface area contributed by atoms with Gasteiger partial charge in [0.25, 0.3) is 0 Å². The predicted molar refractivity (Wildman–Crippen MR) is 86.9 cm³/mol. The molecule has 1 amide bonds. The van der Waals surface area contributed by atoms with Crippen molar-refractivity contribution in [2.75, 3.05) is 13.7 Å². The molecule has 1 N–H and O–H groups in total. The molecule has 1 rings (SSSR count). The lowest BCUT2D eigenvalue weighted by Gasteiger charge is -2.21. The number of carbonyl (C=O) groups excluding carboxylic acids is 1. The topological polar surface area (TPSA) is 50.7 Å². The van der Waals surface area contributed by atoms with Gasteiger partial charge >= 0.3 is 6.18 Å². The third kappa shape index (κ3) is 6.22.